The van der Waals surface area contributed by atoms with Crippen LogP contribution in [0.4, 0.5) is 0 Å². The molecule has 137 heavy (non-hydrogen) atoms. The molecular weight excluding hydrogens is 1670 g/mol. The minimum absolute atomic E-state index is 0.175. The minimum Gasteiger partial charge on any atom is -0.456 e. The third-order valence-electron chi connectivity index (χ3n) is 32.0. The first-order valence-corrected chi connectivity index (χ1v) is 47.9. The average Bonchev–Trinajstić information content (AvgIpc) is 1.55. The summed E-state index contributed by atoms with van der Waals surface area (Å²) in [6, 6.07) is 131. The fourth-order valence-corrected chi connectivity index (χ4v) is 25.5. The highest BCUT2D eigenvalue weighted by molar-refractivity contribution is 6.26. The van der Waals surface area contributed by atoms with Crippen LogP contribution in [0, 0.1) is 11.8 Å². The molecule has 8 nitrogen and oxygen atoms in total. The van der Waals surface area contributed by atoms with Crippen molar-refractivity contribution >= 4 is 191 Å². The van der Waals surface area contributed by atoms with Crippen LogP contribution in [-0.4, -0.2) is 23.7 Å². The fraction of sp³-hybridized carbons (Fsp3) is 0.0853. The maximum atomic E-state index is 6.37. The van der Waals surface area contributed by atoms with Gasteiger partial charge in [-0.05, 0) is 278 Å². The Kier molecular flexibility index (Phi) is 15.4. The summed E-state index contributed by atoms with van der Waals surface area (Å²) < 4.78 is 26.2. The van der Waals surface area contributed by atoms with Gasteiger partial charge in [-0.2, -0.15) is 0 Å². The van der Waals surface area contributed by atoms with E-state index in [4.69, 9.17) is 23.2 Å². The van der Waals surface area contributed by atoms with Gasteiger partial charge >= 0.3 is 0 Å². The topological polar surface area (TPSA) is 80.0 Å². The molecule has 0 N–H and O–H groups in total. The van der Waals surface area contributed by atoms with Gasteiger partial charge in [-0.25, -0.2) is 4.98 Å². The van der Waals surface area contributed by atoms with Gasteiger partial charge in [0.05, 0.1) is 50.3 Å². The summed E-state index contributed by atoms with van der Waals surface area (Å²) in [5, 5.41) is 22.4. The van der Waals surface area contributed by atoms with Gasteiger partial charge in [-0.1, -0.05) is 284 Å². The summed E-state index contributed by atoms with van der Waals surface area (Å²) in [6.07, 6.45) is 13.7. The molecule has 0 saturated carbocycles. The molecular formula is C129H85N5O3. The summed E-state index contributed by atoms with van der Waals surface area (Å²) in [4.78, 5) is 9.78. The molecule has 2 atom stereocenters. The summed E-state index contributed by atoms with van der Waals surface area (Å²) in [6.45, 7) is 14.1. The maximum Gasteiger partial charge on any atom is 0.156 e. The number of hydrogen-bond acceptors (Lipinski definition) is 5. The molecule has 32 rings (SSSR count). The maximum absolute atomic E-state index is 6.37. The second kappa shape index (κ2) is 27.6. The zero-order valence-corrected chi connectivity index (χ0v) is 76.1. The Labute approximate surface area is 787 Å². The van der Waals surface area contributed by atoms with Gasteiger partial charge in [-0.3, -0.25) is 9.55 Å². The Bertz CT molecular complexity index is 10100. The van der Waals surface area contributed by atoms with E-state index in [1.54, 1.807) is 0 Å². The van der Waals surface area contributed by atoms with Gasteiger partial charge in [0.25, 0.3) is 0 Å². The van der Waals surface area contributed by atoms with Crippen LogP contribution in [-0.2, 0) is 16.2 Å². The zero-order chi connectivity index (χ0) is 90.5. The molecule has 26 aromatic rings. The Hall–Kier alpha value is -16.9. The number of allylic oxidation sites excluding steroid dienone is 8. The van der Waals surface area contributed by atoms with E-state index in [0.29, 0.717) is 11.8 Å². The molecule has 0 bridgehead atoms. The lowest BCUT2D eigenvalue weighted by Crippen LogP contribution is -2.18. The molecule has 7 heterocycles. The first-order valence-electron chi connectivity index (χ1n) is 47.9. The van der Waals surface area contributed by atoms with Crippen LogP contribution >= 0.6 is 0 Å². The van der Waals surface area contributed by atoms with Gasteiger partial charge < -0.3 is 22.4 Å². The predicted molar refractivity (Wildman–Crippen MR) is 569 cm³/mol. The van der Waals surface area contributed by atoms with Crippen LogP contribution in [0.3, 0.4) is 0 Å². The monoisotopic (exact) mass is 1750 g/mol. The molecule has 0 saturated heterocycles. The molecule has 6 aliphatic rings. The van der Waals surface area contributed by atoms with E-state index >= 15 is 0 Å². The van der Waals surface area contributed by atoms with Crippen molar-refractivity contribution < 1.29 is 13.3 Å². The van der Waals surface area contributed by atoms with Gasteiger partial charge in [0, 0.05) is 104 Å². The summed E-state index contributed by atoms with van der Waals surface area (Å²) in [7, 11) is 0. The van der Waals surface area contributed by atoms with Gasteiger partial charge in [-0.15, -0.1) is 0 Å². The molecule has 0 amide bonds. The Morgan fingerprint density at radius 2 is 0.599 bits per heavy atom. The lowest BCUT2D eigenvalue weighted by atomic mass is 9.72. The molecule has 644 valence electrons. The molecule has 8 heteroatoms. The Morgan fingerprint density at radius 3 is 1.07 bits per heavy atom. The molecule has 0 fully saturated rings. The normalized spacial score (nSPS) is 15.9. The van der Waals surface area contributed by atoms with E-state index in [1.807, 2.05) is 54.7 Å². The highest BCUT2D eigenvalue weighted by Crippen LogP contribution is 2.60. The van der Waals surface area contributed by atoms with Crippen LogP contribution in [0.5, 0.6) is 0 Å². The predicted octanol–water partition coefficient (Wildman–Crippen LogP) is 34.1. The van der Waals surface area contributed by atoms with Crippen molar-refractivity contribution in [2.45, 2.75) is 57.8 Å². The summed E-state index contributed by atoms with van der Waals surface area (Å²) in [5.74, 6) is 1.51. The number of aromatic nitrogens is 5. The highest BCUT2D eigenvalue weighted by Gasteiger charge is 2.44. The molecule has 2 unspecified atom stereocenters. The van der Waals surface area contributed by atoms with Crippen molar-refractivity contribution in [3.8, 4) is 50.6 Å². The third kappa shape index (κ3) is 10.6. The van der Waals surface area contributed by atoms with E-state index in [9.17, 15) is 0 Å². The second-order valence-corrected chi connectivity index (χ2v) is 40.0. The molecule has 6 aliphatic carbocycles. The molecule has 7 aromatic heterocycles. The number of benzene rings is 19. The van der Waals surface area contributed by atoms with E-state index in [1.165, 1.54) is 225 Å². The lowest BCUT2D eigenvalue weighted by molar-refractivity contribution is 0.647. The number of hydrogen-bond donors (Lipinski definition) is 0. The van der Waals surface area contributed by atoms with E-state index in [0.717, 1.165) is 66.8 Å². The van der Waals surface area contributed by atoms with Gasteiger partial charge in [0.15, 0.2) is 5.82 Å². The summed E-state index contributed by atoms with van der Waals surface area (Å²) in [5.41, 5.74) is 40.8. The van der Waals surface area contributed by atoms with Crippen LogP contribution in [0.1, 0.15) is 91.6 Å². The third-order valence-corrected chi connectivity index (χ3v) is 32.0. The van der Waals surface area contributed by atoms with Crippen LogP contribution in [0.15, 0.2) is 408 Å². The van der Waals surface area contributed by atoms with Crippen molar-refractivity contribution in [1.29, 1.82) is 0 Å². The number of furan rings is 3. The lowest BCUT2D eigenvalue weighted by Gasteiger charge is -2.31. The van der Waals surface area contributed by atoms with E-state index in [2.05, 4.69) is 395 Å². The second-order valence-electron chi connectivity index (χ2n) is 40.0. The van der Waals surface area contributed by atoms with Crippen LogP contribution in [0.2, 0.25) is 0 Å². The molecule has 0 radical (unpaired) electrons. The standard InChI is InChI=1S/C49H33NO.C45H29NO.C35H23N3O/c1-49(2)42-26-45-40(24-38(42)39-25-41-34-16-6-8-20-46(34)51-47(41)27-43(39)49)33-15-5-7-19-44(33)50(45)29-12-9-11-28(23-29)30-21-22-37-32-14-4-3-13-31(32)36-18-10-17-35(30)48(36)37;1-45(2)39-24-42-37(22-35(39)36-23-38-33-16-8-10-18-43(33)47-44(38)25-40(36)45)32-15-7-9-17-41(32)46(42)26-19-20-31-29-13-4-3-11-27(29)28-12-5-6-14-30(28)34(31)21-26;1-35(2)26-17-31-24(15-22(26)23-16-25-21-10-4-8-14-32(21)39-33(25)18-27(23)35)20-9-3-7-13-30(20)38(31)34-19-36-28-11-5-6-12-29(28)37-34/h3-27,35,48H,1-2H3;3-25H,1-2H3;3-19H,1-2H3. The number of fused-ring (bicyclic) bond motifs is 37. The minimum atomic E-state index is -0.178. The molecule has 0 aliphatic heterocycles. The largest absolute Gasteiger partial charge is 0.456 e. The highest BCUT2D eigenvalue weighted by atomic mass is 16.3. The average molecular weight is 1750 g/mol. The van der Waals surface area contributed by atoms with Crippen molar-refractivity contribution in [3.05, 3.63) is 445 Å². The van der Waals surface area contributed by atoms with Crippen molar-refractivity contribution in [2.75, 3.05) is 0 Å². The molecule has 19 aromatic carbocycles. The van der Waals surface area contributed by atoms with Gasteiger partial charge in [0.2, 0.25) is 0 Å². The number of nitrogens with zero attached hydrogens (tertiary/aromatic N) is 5. The zero-order valence-electron chi connectivity index (χ0n) is 76.1. The van der Waals surface area contributed by atoms with E-state index in [-0.39, 0.29) is 16.2 Å². The van der Waals surface area contributed by atoms with Gasteiger partial charge in [0.1, 0.15) is 33.5 Å². The molecule has 0 spiro atoms. The van der Waals surface area contributed by atoms with Crippen molar-refractivity contribution in [1.82, 2.24) is 23.7 Å². The fourth-order valence-electron chi connectivity index (χ4n) is 25.5. The van der Waals surface area contributed by atoms with E-state index < -0.39 is 0 Å². The van der Waals surface area contributed by atoms with Crippen molar-refractivity contribution in [2.24, 2.45) is 11.8 Å². The Balaban J connectivity index is 0.0000000982. The first-order chi connectivity index (χ1) is 67.2. The summed E-state index contributed by atoms with van der Waals surface area (Å²) >= 11 is 0. The first kappa shape index (κ1) is 76.6. The SMILES string of the molecule is CC1(C)c2cc3oc4ccccc4c3cc2-c2cc3c4ccccc4n(-c4ccc5c6ccccc6c6ccccc6c5c4)c3cc21.CC1(C)c2cc3oc4ccccc4c3cc2-c2cc3c4ccccc4n(-c4cccc(C5=CC=C6c7ccccc7C7=CC=CC5C76)c4)c3cc21.CC1(C)c2cc3oc4ccccc4c3cc2-c2cc3c4ccccc4n(-c4cnc5ccccc5n4)c3cc21. The number of para-hydroxylation sites is 8. The van der Waals surface area contributed by atoms with Crippen LogP contribution < -0.4 is 0 Å². The quantitative estimate of drug-likeness (QED) is 0.164. The van der Waals surface area contributed by atoms with Crippen LogP contribution in [0.25, 0.3) is 242 Å². The Morgan fingerprint density at radius 1 is 0.241 bits per heavy atom. The smallest absolute Gasteiger partial charge is 0.156 e. The number of rotatable bonds is 4. The van der Waals surface area contributed by atoms with Crippen molar-refractivity contribution in [3.63, 3.8) is 0 Å².